The number of thioether (sulfide) groups is 1. The first-order valence-corrected chi connectivity index (χ1v) is 10.1. The van der Waals surface area contributed by atoms with Crippen LogP contribution in [-0.4, -0.2) is 24.2 Å². The molecular weight excluding hydrogens is 358 g/mol. The predicted molar refractivity (Wildman–Crippen MR) is 111 cm³/mol. The second kappa shape index (κ2) is 10.2. The first-order chi connectivity index (χ1) is 12.9. The van der Waals surface area contributed by atoms with E-state index >= 15 is 0 Å². The molecule has 0 unspecified atom stereocenters. The molecule has 0 spiro atoms. The van der Waals surface area contributed by atoms with Crippen molar-refractivity contribution in [2.24, 2.45) is 0 Å². The van der Waals surface area contributed by atoms with Crippen molar-refractivity contribution in [1.29, 1.82) is 0 Å². The van der Waals surface area contributed by atoms with Crippen molar-refractivity contribution in [2.75, 3.05) is 17.7 Å². The molecule has 2 aromatic carbocycles. The lowest BCUT2D eigenvalue weighted by atomic mass is 9.97. The number of ether oxygens (including phenoxy) is 1. The molecule has 0 heterocycles. The Kier molecular flexibility index (Phi) is 7.92. The molecule has 27 heavy (non-hydrogen) atoms. The summed E-state index contributed by atoms with van der Waals surface area (Å²) in [4.78, 5) is 25.1. The minimum absolute atomic E-state index is 0.181. The van der Waals surface area contributed by atoms with Gasteiger partial charge in [0, 0.05) is 10.6 Å². The fraction of sp³-hybridized carbons (Fsp3) is 0.364. The summed E-state index contributed by atoms with van der Waals surface area (Å²) in [5, 5.41) is 2.85. The van der Waals surface area contributed by atoms with Gasteiger partial charge < -0.3 is 10.1 Å². The van der Waals surface area contributed by atoms with E-state index in [0.717, 1.165) is 28.1 Å². The molecule has 2 aromatic rings. The summed E-state index contributed by atoms with van der Waals surface area (Å²) in [7, 11) is 0. The third kappa shape index (κ3) is 6.43. The molecule has 5 heteroatoms. The Labute approximate surface area is 165 Å². The number of amides is 1. The quantitative estimate of drug-likeness (QED) is 0.508. The van der Waals surface area contributed by atoms with E-state index in [0.29, 0.717) is 5.92 Å². The Hall–Kier alpha value is -2.27. The van der Waals surface area contributed by atoms with Crippen LogP contribution in [0.2, 0.25) is 0 Å². The normalized spacial score (nSPS) is 11.7. The van der Waals surface area contributed by atoms with Gasteiger partial charge >= 0.3 is 5.97 Å². The zero-order chi connectivity index (χ0) is 19.8. The number of nitrogens with one attached hydrogen (secondary N) is 1. The maximum absolute atomic E-state index is 12.2. The topological polar surface area (TPSA) is 55.4 Å². The summed E-state index contributed by atoms with van der Waals surface area (Å²) >= 11 is 1.42. The highest BCUT2D eigenvalue weighted by atomic mass is 32.2. The van der Waals surface area contributed by atoms with Crippen molar-refractivity contribution in [1.82, 2.24) is 0 Å². The average Bonchev–Trinajstić information content (AvgIpc) is 2.65. The van der Waals surface area contributed by atoms with E-state index in [1.165, 1.54) is 17.3 Å². The third-order valence-corrected chi connectivity index (χ3v) is 5.57. The molecule has 0 saturated carbocycles. The maximum atomic E-state index is 12.2. The maximum Gasteiger partial charge on any atom is 0.316 e. The largest absolute Gasteiger partial charge is 0.455 e. The van der Waals surface area contributed by atoms with Crippen molar-refractivity contribution in [3.63, 3.8) is 0 Å². The van der Waals surface area contributed by atoms with Gasteiger partial charge in [-0.25, -0.2) is 0 Å². The highest BCUT2D eigenvalue weighted by Crippen LogP contribution is 2.26. The zero-order valence-electron chi connectivity index (χ0n) is 16.4. The molecule has 2 rings (SSSR count). The van der Waals surface area contributed by atoms with Gasteiger partial charge in [-0.05, 0) is 49.4 Å². The molecule has 1 amide bonds. The van der Waals surface area contributed by atoms with Crippen molar-refractivity contribution >= 4 is 29.3 Å². The smallest absolute Gasteiger partial charge is 0.316 e. The SMILES string of the molecule is CC[C@H](C)c1ccccc1NC(=O)COC(=O)CSc1ccc(C)cc1C. The number of rotatable bonds is 8. The van der Waals surface area contributed by atoms with Crippen LogP contribution in [0.15, 0.2) is 47.4 Å². The van der Waals surface area contributed by atoms with Crippen LogP contribution < -0.4 is 5.32 Å². The minimum Gasteiger partial charge on any atom is -0.455 e. The summed E-state index contributed by atoms with van der Waals surface area (Å²) in [5.41, 5.74) is 4.18. The van der Waals surface area contributed by atoms with Crippen molar-refractivity contribution in [3.05, 3.63) is 59.2 Å². The first-order valence-electron chi connectivity index (χ1n) is 9.15. The van der Waals surface area contributed by atoms with Crippen molar-refractivity contribution in [3.8, 4) is 0 Å². The molecule has 0 aliphatic carbocycles. The van der Waals surface area contributed by atoms with Gasteiger partial charge in [-0.3, -0.25) is 9.59 Å². The minimum atomic E-state index is -0.398. The summed E-state index contributed by atoms with van der Waals surface area (Å²) in [6.45, 7) is 8.01. The van der Waals surface area contributed by atoms with Crippen LogP contribution in [0, 0.1) is 13.8 Å². The van der Waals surface area contributed by atoms with E-state index in [-0.39, 0.29) is 18.3 Å². The summed E-state index contributed by atoms with van der Waals surface area (Å²) in [6, 6.07) is 13.8. The molecular formula is C22H27NO3S. The second-order valence-corrected chi connectivity index (χ2v) is 7.68. The summed E-state index contributed by atoms with van der Waals surface area (Å²) in [5.74, 6) is -0.195. The van der Waals surface area contributed by atoms with E-state index in [1.54, 1.807) is 0 Å². The van der Waals surface area contributed by atoms with Crippen LogP contribution >= 0.6 is 11.8 Å². The average molecular weight is 386 g/mol. The molecule has 0 aromatic heterocycles. The molecule has 1 atom stereocenters. The number of anilines is 1. The van der Waals surface area contributed by atoms with Gasteiger partial charge in [0.1, 0.15) is 0 Å². The highest BCUT2D eigenvalue weighted by molar-refractivity contribution is 8.00. The van der Waals surface area contributed by atoms with Gasteiger partial charge in [0.2, 0.25) is 0 Å². The van der Waals surface area contributed by atoms with Gasteiger partial charge in [-0.15, -0.1) is 11.8 Å². The number of esters is 1. The number of hydrogen-bond donors (Lipinski definition) is 1. The van der Waals surface area contributed by atoms with Crippen LogP contribution in [0.3, 0.4) is 0 Å². The van der Waals surface area contributed by atoms with Crippen LogP contribution in [-0.2, 0) is 14.3 Å². The van der Waals surface area contributed by atoms with Gasteiger partial charge in [-0.1, -0.05) is 49.7 Å². The van der Waals surface area contributed by atoms with Gasteiger partial charge in [-0.2, -0.15) is 0 Å². The van der Waals surface area contributed by atoms with Crippen molar-refractivity contribution in [2.45, 2.75) is 44.9 Å². The van der Waals surface area contributed by atoms with E-state index in [9.17, 15) is 9.59 Å². The fourth-order valence-corrected chi connectivity index (χ4v) is 3.54. The second-order valence-electron chi connectivity index (χ2n) is 6.66. The number of carbonyl (C=O) groups excluding carboxylic acids is 2. The van der Waals surface area contributed by atoms with Crippen LogP contribution in [0.5, 0.6) is 0 Å². The Morgan fingerprint density at radius 3 is 2.59 bits per heavy atom. The van der Waals surface area contributed by atoms with Crippen molar-refractivity contribution < 1.29 is 14.3 Å². The lowest BCUT2D eigenvalue weighted by molar-refractivity contribution is -0.144. The van der Waals surface area contributed by atoms with Gasteiger partial charge in [0.15, 0.2) is 6.61 Å². The summed E-state index contributed by atoms with van der Waals surface area (Å²) in [6.07, 6.45) is 0.984. The Bertz CT molecular complexity index is 804. The van der Waals surface area contributed by atoms with Gasteiger partial charge in [0.05, 0.1) is 5.75 Å². The monoisotopic (exact) mass is 385 g/mol. The standard InChI is InChI=1S/C22H27NO3S/c1-5-16(3)18-8-6-7-9-19(18)23-21(24)13-26-22(25)14-27-20-11-10-15(2)12-17(20)4/h6-12,16H,5,13-14H2,1-4H3,(H,23,24)/t16-/m0/s1. The fourth-order valence-electron chi connectivity index (χ4n) is 2.73. The Morgan fingerprint density at radius 2 is 1.89 bits per heavy atom. The molecule has 0 saturated heterocycles. The van der Waals surface area contributed by atoms with Crippen LogP contribution in [0.1, 0.15) is 42.9 Å². The highest BCUT2D eigenvalue weighted by Gasteiger charge is 2.13. The van der Waals surface area contributed by atoms with E-state index in [1.807, 2.05) is 50.2 Å². The van der Waals surface area contributed by atoms with Gasteiger partial charge in [0.25, 0.3) is 5.91 Å². The van der Waals surface area contributed by atoms with E-state index in [4.69, 9.17) is 4.74 Å². The molecule has 0 radical (unpaired) electrons. The lowest BCUT2D eigenvalue weighted by Crippen LogP contribution is -2.22. The van der Waals surface area contributed by atoms with Crippen LogP contribution in [0.25, 0.3) is 0 Å². The number of para-hydroxylation sites is 1. The van der Waals surface area contributed by atoms with E-state index in [2.05, 4.69) is 25.2 Å². The Morgan fingerprint density at radius 1 is 1.15 bits per heavy atom. The molecule has 0 bridgehead atoms. The number of carbonyl (C=O) groups is 2. The molecule has 1 N–H and O–H groups in total. The van der Waals surface area contributed by atoms with Crippen LogP contribution in [0.4, 0.5) is 5.69 Å². The first kappa shape index (κ1) is 21.0. The molecule has 144 valence electrons. The lowest BCUT2D eigenvalue weighted by Gasteiger charge is -2.15. The zero-order valence-corrected chi connectivity index (χ0v) is 17.2. The molecule has 0 aliphatic rings. The van der Waals surface area contributed by atoms with E-state index < -0.39 is 5.97 Å². The summed E-state index contributed by atoms with van der Waals surface area (Å²) < 4.78 is 5.12. The number of hydrogen-bond acceptors (Lipinski definition) is 4. The molecule has 0 fully saturated rings. The molecule has 0 aliphatic heterocycles. The predicted octanol–water partition coefficient (Wildman–Crippen LogP) is 5.09. The Balaban J connectivity index is 1.82. The number of benzene rings is 2. The third-order valence-electron chi connectivity index (χ3n) is 4.42. The number of aryl methyl sites for hydroxylation is 2. The molecule has 4 nitrogen and oxygen atoms in total.